The topological polar surface area (TPSA) is 89.3 Å². The van der Waals surface area contributed by atoms with Gasteiger partial charge in [-0.15, -0.1) is 12.4 Å². The summed E-state index contributed by atoms with van der Waals surface area (Å²) in [7, 11) is -3.32. The van der Waals surface area contributed by atoms with E-state index in [0.717, 1.165) is 12.7 Å². The first kappa shape index (κ1) is 19.9. The summed E-state index contributed by atoms with van der Waals surface area (Å²) in [4.78, 5) is 12.3. The van der Waals surface area contributed by atoms with Gasteiger partial charge in [-0.1, -0.05) is 19.9 Å². The molecule has 3 N–H and O–H groups in total. The summed E-state index contributed by atoms with van der Waals surface area (Å²) in [5.41, 5.74) is 5.96. The Morgan fingerprint density at radius 1 is 1.33 bits per heavy atom. The van der Waals surface area contributed by atoms with Gasteiger partial charge in [-0.2, -0.15) is 0 Å². The molecule has 0 saturated carbocycles. The predicted molar refractivity (Wildman–Crippen MR) is 86.6 cm³/mol. The van der Waals surface area contributed by atoms with E-state index in [-0.39, 0.29) is 29.3 Å². The second-order valence-corrected chi connectivity index (χ2v) is 7.35. The molecule has 1 aromatic rings. The molecule has 0 saturated heterocycles. The van der Waals surface area contributed by atoms with Crippen molar-refractivity contribution >= 4 is 28.2 Å². The summed E-state index contributed by atoms with van der Waals surface area (Å²) in [5.74, 6) is 0.123. The number of carbonyl (C=O) groups is 1. The largest absolute Gasteiger partial charge is 0.348 e. The molecule has 0 aliphatic carbocycles. The standard InChI is InChI=1S/C14H22N2O3S.ClH/c1-10(2)7-12(9-15)16-14(17)11-5-4-6-13(8-11)20(3,18)19;/h4-6,8,10,12H,7,9,15H2,1-3H3,(H,16,17);1H. The Morgan fingerprint density at radius 2 is 1.95 bits per heavy atom. The second kappa shape index (κ2) is 8.36. The fraction of sp³-hybridized carbons (Fsp3) is 0.500. The van der Waals surface area contributed by atoms with Crippen LogP contribution in [-0.2, 0) is 9.84 Å². The summed E-state index contributed by atoms with van der Waals surface area (Å²) < 4.78 is 23.0. The average Bonchev–Trinajstić information content (AvgIpc) is 2.36. The van der Waals surface area contributed by atoms with E-state index in [0.29, 0.717) is 18.0 Å². The van der Waals surface area contributed by atoms with Crippen molar-refractivity contribution < 1.29 is 13.2 Å². The maximum Gasteiger partial charge on any atom is 0.251 e. The van der Waals surface area contributed by atoms with Gasteiger partial charge in [-0.3, -0.25) is 4.79 Å². The van der Waals surface area contributed by atoms with Crippen molar-refractivity contribution in [2.75, 3.05) is 12.8 Å². The number of nitrogens with one attached hydrogen (secondary N) is 1. The van der Waals surface area contributed by atoms with Crippen LogP contribution in [0.2, 0.25) is 0 Å². The minimum atomic E-state index is -3.32. The molecule has 0 fully saturated rings. The van der Waals surface area contributed by atoms with Crippen molar-refractivity contribution in [1.82, 2.24) is 5.32 Å². The molecule has 21 heavy (non-hydrogen) atoms. The van der Waals surface area contributed by atoms with Gasteiger partial charge in [0, 0.05) is 24.4 Å². The van der Waals surface area contributed by atoms with E-state index in [4.69, 9.17) is 5.73 Å². The number of nitrogens with two attached hydrogens (primary N) is 1. The third-order valence-electron chi connectivity index (χ3n) is 2.90. The fourth-order valence-corrected chi connectivity index (χ4v) is 2.59. The van der Waals surface area contributed by atoms with Crippen molar-refractivity contribution in [3.63, 3.8) is 0 Å². The van der Waals surface area contributed by atoms with Gasteiger partial charge < -0.3 is 11.1 Å². The highest BCUT2D eigenvalue weighted by Crippen LogP contribution is 2.12. The summed E-state index contributed by atoms with van der Waals surface area (Å²) >= 11 is 0. The molecule has 0 aliphatic heterocycles. The van der Waals surface area contributed by atoms with Crippen LogP contribution >= 0.6 is 12.4 Å². The Kier molecular flexibility index (Phi) is 7.92. The van der Waals surface area contributed by atoms with Crippen LogP contribution < -0.4 is 11.1 Å². The molecule has 1 amide bonds. The maximum absolute atomic E-state index is 12.1. The lowest BCUT2D eigenvalue weighted by atomic mass is 10.0. The lowest BCUT2D eigenvalue weighted by molar-refractivity contribution is 0.0933. The Labute approximate surface area is 132 Å². The van der Waals surface area contributed by atoms with Gasteiger partial charge in [0.25, 0.3) is 5.91 Å². The van der Waals surface area contributed by atoms with E-state index >= 15 is 0 Å². The first-order chi connectivity index (χ1) is 9.24. The Bertz CT molecular complexity index is 573. The van der Waals surface area contributed by atoms with Gasteiger partial charge in [-0.25, -0.2) is 8.42 Å². The molecular weight excluding hydrogens is 312 g/mol. The van der Waals surface area contributed by atoms with Crippen molar-refractivity contribution in [2.45, 2.75) is 31.2 Å². The van der Waals surface area contributed by atoms with Crippen LogP contribution in [0.15, 0.2) is 29.2 Å². The molecule has 0 aromatic heterocycles. The van der Waals surface area contributed by atoms with Gasteiger partial charge in [0.2, 0.25) is 0 Å². The zero-order chi connectivity index (χ0) is 15.3. The zero-order valence-corrected chi connectivity index (χ0v) is 14.1. The van der Waals surface area contributed by atoms with Gasteiger partial charge in [0.1, 0.15) is 0 Å². The number of hydrogen-bond acceptors (Lipinski definition) is 4. The normalized spacial score (nSPS) is 12.6. The van der Waals surface area contributed by atoms with Crippen LogP contribution in [-0.4, -0.2) is 33.2 Å². The van der Waals surface area contributed by atoms with Gasteiger partial charge in [0.05, 0.1) is 4.90 Å². The third kappa shape index (κ3) is 6.46. The Hall–Kier alpha value is -1.11. The van der Waals surface area contributed by atoms with Crippen LogP contribution in [0, 0.1) is 5.92 Å². The molecule has 1 aromatic carbocycles. The minimum absolute atomic E-state index is 0. The molecule has 0 spiro atoms. The Balaban J connectivity index is 0.00000400. The summed E-state index contributed by atoms with van der Waals surface area (Å²) in [5, 5.41) is 2.83. The number of rotatable bonds is 6. The molecule has 0 bridgehead atoms. The lowest BCUT2D eigenvalue weighted by Gasteiger charge is -2.19. The molecule has 0 aliphatic rings. The number of benzene rings is 1. The van der Waals surface area contributed by atoms with Crippen LogP contribution in [0.5, 0.6) is 0 Å². The monoisotopic (exact) mass is 334 g/mol. The lowest BCUT2D eigenvalue weighted by Crippen LogP contribution is -2.41. The van der Waals surface area contributed by atoms with Gasteiger partial charge >= 0.3 is 0 Å². The molecule has 1 rings (SSSR count). The number of sulfone groups is 1. The van der Waals surface area contributed by atoms with Crippen molar-refractivity contribution in [1.29, 1.82) is 0 Å². The highest BCUT2D eigenvalue weighted by atomic mass is 35.5. The molecule has 5 nitrogen and oxygen atoms in total. The highest BCUT2D eigenvalue weighted by Gasteiger charge is 2.15. The molecule has 1 atom stereocenters. The Morgan fingerprint density at radius 3 is 2.43 bits per heavy atom. The van der Waals surface area contributed by atoms with E-state index in [1.807, 2.05) is 0 Å². The fourth-order valence-electron chi connectivity index (χ4n) is 1.92. The summed E-state index contributed by atoms with van der Waals surface area (Å²) in [6.45, 7) is 4.47. The van der Waals surface area contributed by atoms with Crippen LogP contribution in [0.1, 0.15) is 30.6 Å². The number of carbonyl (C=O) groups excluding carboxylic acids is 1. The number of hydrogen-bond donors (Lipinski definition) is 2. The molecule has 0 radical (unpaired) electrons. The molecule has 7 heteroatoms. The van der Waals surface area contributed by atoms with Gasteiger partial charge in [-0.05, 0) is 30.5 Å². The average molecular weight is 335 g/mol. The van der Waals surface area contributed by atoms with E-state index in [1.54, 1.807) is 12.1 Å². The first-order valence-electron chi connectivity index (χ1n) is 6.55. The van der Waals surface area contributed by atoms with Crippen LogP contribution in [0.4, 0.5) is 0 Å². The van der Waals surface area contributed by atoms with E-state index in [1.165, 1.54) is 12.1 Å². The number of halogens is 1. The number of amides is 1. The minimum Gasteiger partial charge on any atom is -0.348 e. The molecular formula is C14H23ClN2O3S. The van der Waals surface area contributed by atoms with Crippen molar-refractivity contribution in [3.05, 3.63) is 29.8 Å². The maximum atomic E-state index is 12.1. The smallest absolute Gasteiger partial charge is 0.251 e. The van der Waals surface area contributed by atoms with Crippen molar-refractivity contribution in [2.24, 2.45) is 11.7 Å². The predicted octanol–water partition coefficient (Wildman–Crippen LogP) is 1.62. The summed E-state index contributed by atoms with van der Waals surface area (Å²) in [6.07, 6.45) is 1.90. The van der Waals surface area contributed by atoms with E-state index in [9.17, 15) is 13.2 Å². The van der Waals surface area contributed by atoms with Crippen LogP contribution in [0.25, 0.3) is 0 Å². The second-order valence-electron chi connectivity index (χ2n) is 5.34. The third-order valence-corrected chi connectivity index (χ3v) is 4.01. The first-order valence-corrected chi connectivity index (χ1v) is 8.44. The van der Waals surface area contributed by atoms with E-state index < -0.39 is 9.84 Å². The molecule has 0 heterocycles. The SMILES string of the molecule is CC(C)CC(CN)NC(=O)c1cccc(S(C)(=O)=O)c1.Cl. The zero-order valence-electron chi connectivity index (χ0n) is 12.5. The van der Waals surface area contributed by atoms with Gasteiger partial charge in [0.15, 0.2) is 9.84 Å². The highest BCUT2D eigenvalue weighted by molar-refractivity contribution is 7.90. The summed E-state index contributed by atoms with van der Waals surface area (Å²) in [6, 6.07) is 5.90. The quantitative estimate of drug-likeness (QED) is 0.827. The van der Waals surface area contributed by atoms with E-state index in [2.05, 4.69) is 19.2 Å². The molecule has 1 unspecified atom stereocenters. The molecule has 120 valence electrons. The van der Waals surface area contributed by atoms with Crippen molar-refractivity contribution in [3.8, 4) is 0 Å². The van der Waals surface area contributed by atoms with Crippen LogP contribution in [0.3, 0.4) is 0 Å².